The molecule has 126 valence electrons. The fourth-order valence-electron chi connectivity index (χ4n) is 3.70. The lowest BCUT2D eigenvalue weighted by atomic mass is 9.92. The zero-order chi connectivity index (χ0) is 19.1. The van der Waals surface area contributed by atoms with Crippen LogP contribution in [0.3, 0.4) is 0 Å². The first-order valence-electron chi connectivity index (χ1n) is 8.36. The molecule has 0 spiro atoms. The highest BCUT2D eigenvalue weighted by atomic mass is 15.1. The Balaban J connectivity index is 2.33. The molecule has 5 heteroatoms. The molecule has 0 aliphatic rings. The normalized spacial score (nSPS) is 10.5. The van der Waals surface area contributed by atoms with Gasteiger partial charge in [0.1, 0.15) is 17.8 Å². The molecule has 0 fully saturated rings. The lowest BCUT2D eigenvalue weighted by molar-refractivity contribution is 1.09. The van der Waals surface area contributed by atoms with Crippen LogP contribution in [-0.4, -0.2) is 9.55 Å². The average molecular weight is 347 g/mol. The third kappa shape index (κ3) is 2.11. The molecule has 27 heavy (non-hydrogen) atoms. The van der Waals surface area contributed by atoms with E-state index in [0.29, 0.717) is 39.2 Å². The Bertz CT molecular complexity index is 1280. The minimum atomic E-state index is 0.321. The molecule has 2 heterocycles. The zero-order valence-electron chi connectivity index (χ0n) is 14.8. The van der Waals surface area contributed by atoms with Crippen molar-refractivity contribution >= 4 is 21.9 Å². The fraction of sp³-hybridized carbons (Fsp3) is 0.0909. The second kappa shape index (κ2) is 5.99. The van der Waals surface area contributed by atoms with Crippen LogP contribution >= 0.6 is 0 Å². The molecule has 0 amide bonds. The number of pyridine rings is 1. The predicted octanol–water partition coefficient (Wildman–Crippen LogP) is 4.41. The van der Waals surface area contributed by atoms with Crippen LogP contribution in [0.15, 0.2) is 42.6 Å². The molecule has 0 aliphatic carbocycles. The molecular weight excluding hydrogens is 334 g/mol. The van der Waals surface area contributed by atoms with Crippen LogP contribution in [0.5, 0.6) is 0 Å². The molecule has 0 saturated carbocycles. The van der Waals surface area contributed by atoms with Crippen molar-refractivity contribution in [3.8, 4) is 23.9 Å². The number of para-hydroxylation sites is 1. The average Bonchev–Trinajstić information content (AvgIpc) is 3.02. The molecule has 0 unspecified atom stereocenters. The summed E-state index contributed by atoms with van der Waals surface area (Å²) in [5, 5.41) is 31.2. The summed E-state index contributed by atoms with van der Waals surface area (Å²) in [5.41, 5.74) is 4.20. The van der Waals surface area contributed by atoms with Gasteiger partial charge in [0.2, 0.25) is 0 Å². The van der Waals surface area contributed by atoms with Crippen molar-refractivity contribution in [1.82, 2.24) is 9.55 Å². The topological polar surface area (TPSA) is 89.2 Å². The van der Waals surface area contributed by atoms with Gasteiger partial charge >= 0.3 is 0 Å². The summed E-state index contributed by atoms with van der Waals surface area (Å²) in [7, 11) is 0. The van der Waals surface area contributed by atoms with Crippen LogP contribution in [0.25, 0.3) is 27.6 Å². The van der Waals surface area contributed by atoms with Gasteiger partial charge in [0.05, 0.1) is 34.0 Å². The number of hydrogen-bond acceptors (Lipinski definition) is 4. The monoisotopic (exact) mass is 347 g/mol. The summed E-state index contributed by atoms with van der Waals surface area (Å²) < 4.78 is 1.86. The van der Waals surface area contributed by atoms with Gasteiger partial charge in [-0.2, -0.15) is 15.8 Å². The first-order valence-corrected chi connectivity index (χ1v) is 8.36. The summed E-state index contributed by atoms with van der Waals surface area (Å²) in [6.45, 7) is 3.49. The van der Waals surface area contributed by atoms with Gasteiger partial charge in [-0.25, -0.2) is 4.98 Å². The van der Waals surface area contributed by atoms with E-state index < -0.39 is 0 Å². The minimum absolute atomic E-state index is 0.321. The number of rotatable bonds is 1. The van der Waals surface area contributed by atoms with Gasteiger partial charge in [0.15, 0.2) is 0 Å². The van der Waals surface area contributed by atoms with Crippen LogP contribution in [0.2, 0.25) is 0 Å². The van der Waals surface area contributed by atoms with Gasteiger partial charge in [-0.15, -0.1) is 0 Å². The number of hydrogen-bond donors (Lipinski definition) is 0. The predicted molar refractivity (Wildman–Crippen MR) is 102 cm³/mol. The SMILES string of the molecule is Cc1c(C#N)c(C)c(C#N)c(-n2c3ccccc3c3cccnc32)c1C#N. The highest BCUT2D eigenvalue weighted by molar-refractivity contribution is 6.08. The Morgan fingerprint density at radius 2 is 1.37 bits per heavy atom. The number of aromatic nitrogens is 2. The molecule has 0 aliphatic heterocycles. The van der Waals surface area contributed by atoms with E-state index in [1.807, 2.05) is 41.0 Å². The van der Waals surface area contributed by atoms with E-state index in [0.717, 1.165) is 16.3 Å². The van der Waals surface area contributed by atoms with Crippen molar-refractivity contribution < 1.29 is 0 Å². The third-order valence-electron chi connectivity index (χ3n) is 4.97. The number of fused-ring (bicyclic) bond motifs is 3. The molecule has 0 atom stereocenters. The number of nitrogens with zero attached hydrogens (tertiary/aromatic N) is 5. The Labute approximate surface area is 155 Å². The Kier molecular flexibility index (Phi) is 3.62. The Morgan fingerprint density at radius 1 is 0.778 bits per heavy atom. The van der Waals surface area contributed by atoms with E-state index >= 15 is 0 Å². The molecule has 2 aromatic carbocycles. The molecule has 0 saturated heterocycles. The molecule has 0 bridgehead atoms. The maximum absolute atomic E-state index is 9.87. The van der Waals surface area contributed by atoms with Gasteiger partial charge in [-0.1, -0.05) is 18.2 Å². The van der Waals surface area contributed by atoms with Crippen molar-refractivity contribution in [2.24, 2.45) is 0 Å². The molecule has 4 aromatic rings. The fourth-order valence-corrected chi connectivity index (χ4v) is 3.70. The molecule has 2 aromatic heterocycles. The maximum Gasteiger partial charge on any atom is 0.145 e. The van der Waals surface area contributed by atoms with E-state index in [-0.39, 0.29) is 0 Å². The summed E-state index contributed by atoms with van der Waals surface area (Å²) >= 11 is 0. The van der Waals surface area contributed by atoms with Crippen LogP contribution in [0.1, 0.15) is 27.8 Å². The second-order valence-electron chi connectivity index (χ2n) is 6.29. The Hall–Kier alpha value is -4.14. The third-order valence-corrected chi connectivity index (χ3v) is 4.97. The first kappa shape index (κ1) is 16.3. The number of nitriles is 3. The van der Waals surface area contributed by atoms with Crippen molar-refractivity contribution in [2.75, 3.05) is 0 Å². The van der Waals surface area contributed by atoms with Crippen LogP contribution < -0.4 is 0 Å². The largest absolute Gasteiger partial charge is 0.291 e. The van der Waals surface area contributed by atoms with E-state index in [2.05, 4.69) is 23.2 Å². The van der Waals surface area contributed by atoms with Gasteiger partial charge in [-0.05, 0) is 43.2 Å². The molecule has 0 N–H and O–H groups in total. The Morgan fingerprint density at radius 3 is 2.00 bits per heavy atom. The molecule has 5 nitrogen and oxygen atoms in total. The molecule has 0 radical (unpaired) electrons. The number of benzene rings is 2. The van der Waals surface area contributed by atoms with Gasteiger partial charge in [0, 0.05) is 17.0 Å². The summed E-state index contributed by atoms with van der Waals surface area (Å²) in [5.74, 6) is 0. The lowest BCUT2D eigenvalue weighted by Gasteiger charge is -2.16. The maximum atomic E-state index is 9.87. The highest BCUT2D eigenvalue weighted by Crippen LogP contribution is 2.36. The van der Waals surface area contributed by atoms with Crippen LogP contribution in [0, 0.1) is 47.8 Å². The quantitative estimate of drug-likeness (QED) is 0.510. The van der Waals surface area contributed by atoms with Gasteiger partial charge in [-0.3, -0.25) is 4.57 Å². The van der Waals surface area contributed by atoms with E-state index in [4.69, 9.17) is 0 Å². The standard InChI is InChI=1S/C22H13N5/c1-13-17(10-23)14(2)19(12-25)21(18(13)11-24)27-20-8-4-3-6-15(20)16-7-5-9-26-22(16)27/h3-9H,1-2H3. The van der Waals surface area contributed by atoms with Gasteiger partial charge in [0.25, 0.3) is 0 Å². The van der Waals surface area contributed by atoms with E-state index in [1.54, 1.807) is 20.0 Å². The smallest absolute Gasteiger partial charge is 0.145 e. The van der Waals surface area contributed by atoms with E-state index in [1.165, 1.54) is 0 Å². The van der Waals surface area contributed by atoms with Crippen molar-refractivity contribution in [3.05, 3.63) is 70.4 Å². The van der Waals surface area contributed by atoms with Crippen LogP contribution in [0.4, 0.5) is 0 Å². The molecule has 4 rings (SSSR count). The summed E-state index contributed by atoms with van der Waals surface area (Å²) in [6, 6.07) is 18.2. The first-order chi connectivity index (χ1) is 13.1. The zero-order valence-corrected chi connectivity index (χ0v) is 14.8. The molecular formula is C22H13N5. The van der Waals surface area contributed by atoms with Crippen molar-refractivity contribution in [1.29, 1.82) is 15.8 Å². The van der Waals surface area contributed by atoms with Gasteiger partial charge < -0.3 is 0 Å². The van der Waals surface area contributed by atoms with Crippen molar-refractivity contribution in [2.45, 2.75) is 13.8 Å². The lowest BCUT2D eigenvalue weighted by Crippen LogP contribution is -2.08. The summed E-state index contributed by atoms with van der Waals surface area (Å²) in [6.07, 6.45) is 1.69. The highest BCUT2D eigenvalue weighted by Gasteiger charge is 2.24. The minimum Gasteiger partial charge on any atom is -0.291 e. The summed E-state index contributed by atoms with van der Waals surface area (Å²) in [4.78, 5) is 4.53. The second-order valence-corrected chi connectivity index (χ2v) is 6.29. The van der Waals surface area contributed by atoms with Crippen LogP contribution in [-0.2, 0) is 0 Å². The van der Waals surface area contributed by atoms with E-state index in [9.17, 15) is 15.8 Å². The van der Waals surface area contributed by atoms with Crippen molar-refractivity contribution in [3.63, 3.8) is 0 Å².